The van der Waals surface area contributed by atoms with E-state index in [4.69, 9.17) is 23.2 Å². The van der Waals surface area contributed by atoms with Gasteiger partial charge in [-0.05, 0) is 39.1 Å². The number of halogens is 2. The van der Waals surface area contributed by atoms with Crippen LogP contribution in [0.25, 0.3) is 0 Å². The van der Waals surface area contributed by atoms with Gasteiger partial charge < -0.3 is 0 Å². The van der Waals surface area contributed by atoms with E-state index in [1.54, 1.807) is 23.1 Å². The van der Waals surface area contributed by atoms with Crippen molar-refractivity contribution in [3.63, 3.8) is 0 Å². The molecule has 20 heavy (non-hydrogen) atoms. The van der Waals surface area contributed by atoms with Gasteiger partial charge in [0.1, 0.15) is 0 Å². The van der Waals surface area contributed by atoms with Crippen LogP contribution in [0.4, 0.5) is 0 Å². The Bertz CT molecular complexity index is 539. The first-order valence-corrected chi connectivity index (χ1v) is 7.34. The summed E-state index contributed by atoms with van der Waals surface area (Å²) in [4.78, 5) is 26.4. The summed E-state index contributed by atoms with van der Waals surface area (Å²) in [5, 5.41) is 0.614. The molecular formula is C15H17Cl2NO2. The summed E-state index contributed by atoms with van der Waals surface area (Å²) in [6.45, 7) is 0. The minimum Gasteiger partial charge on any atom is -0.299 e. The summed E-state index contributed by atoms with van der Waals surface area (Å²) < 4.78 is 0. The van der Waals surface area contributed by atoms with Crippen molar-refractivity contribution < 1.29 is 9.59 Å². The number of nitrogens with zero attached hydrogens (tertiary/aromatic N) is 1. The SMILES string of the molecule is CN(C)C(CC(=O)c1cccc(Cl)c1Cl)C(=O)C1CC1. The number of Topliss-reactive ketones (excluding diaryl/α,β-unsaturated/α-hetero) is 2. The lowest BCUT2D eigenvalue weighted by atomic mass is 9.98. The topological polar surface area (TPSA) is 37.4 Å². The van der Waals surface area contributed by atoms with Gasteiger partial charge in [0.05, 0.1) is 16.1 Å². The molecule has 1 aromatic rings. The monoisotopic (exact) mass is 313 g/mol. The van der Waals surface area contributed by atoms with Crippen molar-refractivity contribution in [2.75, 3.05) is 14.1 Å². The van der Waals surface area contributed by atoms with Gasteiger partial charge in [-0.3, -0.25) is 14.5 Å². The lowest BCUT2D eigenvalue weighted by molar-refractivity contribution is -0.124. The van der Waals surface area contributed by atoms with Crippen molar-refractivity contribution in [1.82, 2.24) is 4.90 Å². The molecule has 1 unspecified atom stereocenters. The molecule has 1 atom stereocenters. The molecule has 0 radical (unpaired) electrons. The zero-order chi connectivity index (χ0) is 14.9. The molecule has 0 saturated heterocycles. The second kappa shape index (κ2) is 6.25. The Morgan fingerprint density at radius 2 is 1.95 bits per heavy atom. The first kappa shape index (κ1) is 15.5. The van der Waals surface area contributed by atoms with Crippen LogP contribution in [0.15, 0.2) is 18.2 Å². The molecule has 1 fully saturated rings. The van der Waals surface area contributed by atoms with Gasteiger partial charge in [0.2, 0.25) is 0 Å². The molecule has 2 rings (SSSR count). The van der Waals surface area contributed by atoms with Crippen LogP contribution in [0, 0.1) is 5.92 Å². The molecule has 0 N–H and O–H groups in total. The van der Waals surface area contributed by atoms with Gasteiger partial charge in [-0.25, -0.2) is 0 Å². The average Bonchev–Trinajstić information content (AvgIpc) is 3.22. The number of benzene rings is 1. The Morgan fingerprint density at radius 3 is 2.50 bits per heavy atom. The third-order valence-corrected chi connectivity index (χ3v) is 4.38. The molecule has 1 aliphatic rings. The van der Waals surface area contributed by atoms with E-state index in [0.717, 1.165) is 12.8 Å². The van der Waals surface area contributed by atoms with Crippen LogP contribution in [0.1, 0.15) is 29.6 Å². The zero-order valence-electron chi connectivity index (χ0n) is 11.5. The van der Waals surface area contributed by atoms with Gasteiger partial charge in [-0.2, -0.15) is 0 Å². The zero-order valence-corrected chi connectivity index (χ0v) is 13.0. The Hall–Kier alpha value is -0.900. The molecule has 0 aliphatic heterocycles. The van der Waals surface area contributed by atoms with E-state index in [9.17, 15) is 9.59 Å². The van der Waals surface area contributed by atoms with E-state index in [1.165, 1.54) is 0 Å². The van der Waals surface area contributed by atoms with E-state index >= 15 is 0 Å². The maximum Gasteiger partial charge on any atom is 0.166 e. The minimum absolute atomic E-state index is 0.130. The van der Waals surface area contributed by atoms with E-state index < -0.39 is 0 Å². The molecule has 5 heteroatoms. The molecular weight excluding hydrogens is 297 g/mol. The highest BCUT2D eigenvalue weighted by molar-refractivity contribution is 6.43. The van der Waals surface area contributed by atoms with Crippen LogP contribution in [0.3, 0.4) is 0 Å². The number of rotatable bonds is 6. The molecule has 0 spiro atoms. The quantitative estimate of drug-likeness (QED) is 0.755. The number of carbonyl (C=O) groups is 2. The van der Waals surface area contributed by atoms with Gasteiger partial charge in [0, 0.05) is 17.9 Å². The van der Waals surface area contributed by atoms with Crippen molar-refractivity contribution in [2.24, 2.45) is 5.92 Å². The maximum absolute atomic E-state index is 12.4. The van der Waals surface area contributed by atoms with Crippen LogP contribution in [-0.2, 0) is 4.79 Å². The van der Waals surface area contributed by atoms with Crippen LogP contribution < -0.4 is 0 Å². The molecule has 1 saturated carbocycles. The largest absolute Gasteiger partial charge is 0.299 e. The first-order valence-electron chi connectivity index (χ1n) is 6.59. The summed E-state index contributed by atoms with van der Waals surface area (Å²) >= 11 is 12.0. The lowest BCUT2D eigenvalue weighted by Crippen LogP contribution is -2.38. The molecule has 3 nitrogen and oxygen atoms in total. The van der Waals surface area contributed by atoms with Crippen LogP contribution >= 0.6 is 23.2 Å². The van der Waals surface area contributed by atoms with Gasteiger partial charge in [-0.1, -0.05) is 29.3 Å². The Morgan fingerprint density at radius 1 is 1.30 bits per heavy atom. The Balaban J connectivity index is 2.15. The Kier molecular flexibility index (Phi) is 4.84. The fraction of sp³-hybridized carbons (Fsp3) is 0.467. The molecule has 108 valence electrons. The molecule has 1 aliphatic carbocycles. The van der Waals surface area contributed by atoms with E-state index in [-0.39, 0.29) is 35.0 Å². The predicted molar refractivity (Wildman–Crippen MR) is 80.6 cm³/mol. The maximum atomic E-state index is 12.4. The van der Waals surface area contributed by atoms with Crippen LogP contribution in [0.5, 0.6) is 0 Å². The van der Waals surface area contributed by atoms with Crippen LogP contribution in [0.2, 0.25) is 10.0 Å². The lowest BCUT2D eigenvalue weighted by Gasteiger charge is -2.22. The van der Waals surface area contributed by atoms with Crippen molar-refractivity contribution >= 4 is 34.8 Å². The third kappa shape index (κ3) is 3.40. The van der Waals surface area contributed by atoms with E-state index in [0.29, 0.717) is 10.6 Å². The van der Waals surface area contributed by atoms with Crippen molar-refractivity contribution in [3.8, 4) is 0 Å². The number of ketones is 2. The molecule has 1 aromatic carbocycles. The minimum atomic E-state index is -0.384. The van der Waals surface area contributed by atoms with Crippen molar-refractivity contribution in [1.29, 1.82) is 0 Å². The first-order chi connectivity index (χ1) is 9.41. The van der Waals surface area contributed by atoms with Crippen LogP contribution in [-0.4, -0.2) is 36.6 Å². The third-order valence-electron chi connectivity index (χ3n) is 3.56. The van der Waals surface area contributed by atoms with Crippen molar-refractivity contribution in [2.45, 2.75) is 25.3 Å². The van der Waals surface area contributed by atoms with E-state index in [2.05, 4.69) is 0 Å². The number of hydrogen-bond donors (Lipinski definition) is 0. The summed E-state index contributed by atoms with van der Waals surface area (Å²) in [6, 6.07) is 4.59. The average molecular weight is 314 g/mol. The standard InChI is InChI=1S/C15H17Cl2NO2/c1-18(2)12(15(20)9-6-7-9)8-13(19)10-4-3-5-11(16)14(10)17/h3-5,9,12H,6-8H2,1-2H3. The highest BCUT2D eigenvalue weighted by atomic mass is 35.5. The fourth-order valence-corrected chi connectivity index (χ4v) is 2.59. The summed E-state index contributed by atoms with van der Waals surface area (Å²) in [5.74, 6) is 0.136. The highest BCUT2D eigenvalue weighted by Gasteiger charge is 2.36. The highest BCUT2D eigenvalue weighted by Crippen LogP contribution is 2.33. The normalized spacial score (nSPS) is 16.2. The van der Waals surface area contributed by atoms with Gasteiger partial charge >= 0.3 is 0 Å². The summed E-state index contributed by atoms with van der Waals surface area (Å²) in [5.41, 5.74) is 0.384. The molecule has 0 bridgehead atoms. The molecule has 0 amide bonds. The predicted octanol–water partition coefficient (Wildman–Crippen LogP) is 3.48. The second-order valence-corrected chi connectivity index (χ2v) is 6.17. The summed E-state index contributed by atoms with van der Waals surface area (Å²) in [7, 11) is 3.63. The van der Waals surface area contributed by atoms with Gasteiger partial charge in [0.15, 0.2) is 11.6 Å². The molecule has 0 heterocycles. The molecule has 0 aromatic heterocycles. The fourth-order valence-electron chi connectivity index (χ4n) is 2.18. The van der Waals surface area contributed by atoms with Gasteiger partial charge in [-0.15, -0.1) is 0 Å². The van der Waals surface area contributed by atoms with Crippen molar-refractivity contribution in [3.05, 3.63) is 33.8 Å². The second-order valence-electron chi connectivity index (χ2n) is 5.38. The smallest absolute Gasteiger partial charge is 0.166 e. The summed E-state index contributed by atoms with van der Waals surface area (Å²) in [6.07, 6.45) is 2.02. The number of carbonyl (C=O) groups excluding carboxylic acids is 2. The number of hydrogen-bond acceptors (Lipinski definition) is 3. The number of likely N-dealkylation sites (N-methyl/N-ethyl adjacent to an activating group) is 1. The van der Waals surface area contributed by atoms with Gasteiger partial charge in [0.25, 0.3) is 0 Å². The van der Waals surface area contributed by atoms with E-state index in [1.807, 2.05) is 14.1 Å². The Labute approximate surface area is 128 Å².